The average molecular weight is 486 g/mol. The minimum atomic E-state index is -1.15. The molecule has 1 atom stereocenters. The van der Waals surface area contributed by atoms with E-state index >= 15 is 0 Å². The fourth-order valence-corrected chi connectivity index (χ4v) is 4.01. The molecule has 0 bridgehead atoms. The predicted molar refractivity (Wildman–Crippen MR) is 129 cm³/mol. The van der Waals surface area contributed by atoms with Gasteiger partial charge in [-0.25, -0.2) is 0 Å². The Bertz CT molecular complexity index is 1140. The zero-order valence-corrected chi connectivity index (χ0v) is 19.9. The molecule has 0 fully saturated rings. The molecule has 34 heavy (non-hydrogen) atoms. The molecular formula is C23H27N5O5S. The highest BCUT2D eigenvalue weighted by molar-refractivity contribution is 7.09. The molecule has 0 aliphatic rings. The summed E-state index contributed by atoms with van der Waals surface area (Å²) in [7, 11) is 1.52. The standard InChI is InChI=1S/C23H27N5O5S/c1-13(2)10-11-26-22(30)19(16-5-4-12-33-16)28(14-6-8-15(32-3)9-7-14)23(31)20-17(24)18(21(25)29)27-34-20/h4-9,12-13,19H,10-11,24H2,1-3H3,(H2,25,29)(H,26,30)/t19-/m1/s1. The first-order chi connectivity index (χ1) is 16.2. The fourth-order valence-electron chi connectivity index (χ4n) is 3.27. The van der Waals surface area contributed by atoms with Crippen molar-refractivity contribution in [3.63, 3.8) is 0 Å². The summed E-state index contributed by atoms with van der Waals surface area (Å²) < 4.78 is 14.7. The van der Waals surface area contributed by atoms with Crippen LogP contribution in [0.4, 0.5) is 11.4 Å². The van der Waals surface area contributed by atoms with E-state index in [1.807, 2.05) is 13.8 Å². The number of rotatable bonds is 10. The van der Waals surface area contributed by atoms with Gasteiger partial charge in [0.15, 0.2) is 11.7 Å². The second kappa shape index (κ2) is 10.8. The van der Waals surface area contributed by atoms with Gasteiger partial charge in [0.05, 0.1) is 19.1 Å². The number of nitrogens with two attached hydrogens (primary N) is 2. The number of hydrogen-bond acceptors (Lipinski definition) is 8. The van der Waals surface area contributed by atoms with Crippen molar-refractivity contribution in [3.05, 3.63) is 59.0 Å². The maximum atomic E-state index is 13.8. The van der Waals surface area contributed by atoms with Crippen LogP contribution in [0.25, 0.3) is 0 Å². The van der Waals surface area contributed by atoms with E-state index in [1.165, 1.54) is 18.3 Å². The Hall–Kier alpha value is -3.86. The summed E-state index contributed by atoms with van der Waals surface area (Å²) in [5.41, 5.74) is 11.4. The van der Waals surface area contributed by atoms with Gasteiger partial charge in [0.2, 0.25) is 0 Å². The van der Waals surface area contributed by atoms with Gasteiger partial charge in [-0.05, 0) is 60.3 Å². The Labute approximate surface area is 201 Å². The maximum Gasteiger partial charge on any atom is 0.273 e. The monoisotopic (exact) mass is 485 g/mol. The number of hydrogen-bond donors (Lipinski definition) is 3. The van der Waals surface area contributed by atoms with Gasteiger partial charge in [-0.15, -0.1) is 0 Å². The van der Waals surface area contributed by atoms with Crippen LogP contribution in [0.5, 0.6) is 5.75 Å². The van der Waals surface area contributed by atoms with Crippen LogP contribution in [0.15, 0.2) is 47.1 Å². The molecule has 0 unspecified atom stereocenters. The number of furan rings is 1. The van der Waals surface area contributed by atoms with Gasteiger partial charge >= 0.3 is 0 Å². The van der Waals surface area contributed by atoms with E-state index < -0.39 is 23.8 Å². The van der Waals surface area contributed by atoms with Crippen molar-refractivity contribution in [2.45, 2.75) is 26.3 Å². The molecule has 0 spiro atoms. The smallest absolute Gasteiger partial charge is 0.273 e. The van der Waals surface area contributed by atoms with Gasteiger partial charge in [-0.2, -0.15) is 4.37 Å². The number of ether oxygens (including phenoxy) is 1. The second-order valence-electron chi connectivity index (χ2n) is 7.90. The summed E-state index contributed by atoms with van der Waals surface area (Å²) in [6, 6.07) is 8.70. The fraction of sp³-hybridized carbons (Fsp3) is 0.304. The van der Waals surface area contributed by atoms with Crippen molar-refractivity contribution < 1.29 is 23.5 Å². The molecule has 180 valence electrons. The molecule has 11 heteroatoms. The molecule has 0 radical (unpaired) electrons. The Morgan fingerprint density at radius 1 is 1.21 bits per heavy atom. The van der Waals surface area contributed by atoms with Crippen LogP contribution in [-0.4, -0.2) is 35.7 Å². The second-order valence-corrected chi connectivity index (χ2v) is 8.68. The zero-order chi connectivity index (χ0) is 24.8. The number of carbonyl (C=O) groups excluding carboxylic acids is 3. The summed E-state index contributed by atoms with van der Waals surface area (Å²) in [6.45, 7) is 4.52. The Morgan fingerprint density at radius 2 is 1.91 bits per heavy atom. The Morgan fingerprint density at radius 3 is 2.44 bits per heavy atom. The number of nitrogen functional groups attached to an aromatic ring is 1. The number of nitrogens with zero attached hydrogens (tertiary/aromatic N) is 2. The van der Waals surface area contributed by atoms with Crippen molar-refractivity contribution in [2.75, 3.05) is 24.3 Å². The lowest BCUT2D eigenvalue weighted by Gasteiger charge is -2.29. The number of carbonyl (C=O) groups is 3. The van der Waals surface area contributed by atoms with E-state index in [1.54, 1.807) is 36.4 Å². The molecule has 0 aliphatic carbocycles. The average Bonchev–Trinajstić information content (AvgIpc) is 3.46. The van der Waals surface area contributed by atoms with E-state index in [2.05, 4.69) is 9.69 Å². The molecule has 0 saturated carbocycles. The quantitative estimate of drug-likeness (QED) is 0.399. The molecule has 3 aromatic rings. The highest BCUT2D eigenvalue weighted by Crippen LogP contribution is 2.34. The Kier molecular flexibility index (Phi) is 7.90. The third-order valence-electron chi connectivity index (χ3n) is 5.07. The van der Waals surface area contributed by atoms with E-state index in [0.717, 1.165) is 18.0 Å². The topological polar surface area (TPSA) is 154 Å². The number of methoxy groups -OCH3 is 1. The predicted octanol–water partition coefficient (Wildman–Crippen LogP) is 2.98. The third kappa shape index (κ3) is 5.37. The van der Waals surface area contributed by atoms with Crippen molar-refractivity contribution in [1.82, 2.24) is 9.69 Å². The molecule has 5 N–H and O–H groups in total. The molecular weight excluding hydrogens is 458 g/mol. The number of primary amides is 1. The number of nitrogens with one attached hydrogen (secondary N) is 1. The molecule has 3 amide bonds. The van der Waals surface area contributed by atoms with Crippen LogP contribution >= 0.6 is 11.5 Å². The summed E-state index contributed by atoms with van der Waals surface area (Å²) in [4.78, 5) is 40.1. The van der Waals surface area contributed by atoms with Crippen LogP contribution in [0.2, 0.25) is 0 Å². The summed E-state index contributed by atoms with van der Waals surface area (Å²) in [5.74, 6) is -0.709. The van der Waals surface area contributed by atoms with Gasteiger partial charge in [0, 0.05) is 12.2 Å². The molecule has 10 nitrogen and oxygen atoms in total. The van der Waals surface area contributed by atoms with Crippen molar-refractivity contribution in [3.8, 4) is 5.75 Å². The number of anilines is 2. The highest BCUT2D eigenvalue weighted by Gasteiger charge is 2.37. The lowest BCUT2D eigenvalue weighted by atomic mass is 10.1. The van der Waals surface area contributed by atoms with E-state index in [4.69, 9.17) is 20.6 Å². The van der Waals surface area contributed by atoms with E-state index in [0.29, 0.717) is 23.9 Å². The van der Waals surface area contributed by atoms with Crippen molar-refractivity contribution in [2.24, 2.45) is 11.7 Å². The van der Waals surface area contributed by atoms with E-state index in [-0.39, 0.29) is 22.0 Å². The molecule has 0 saturated heterocycles. The molecule has 2 heterocycles. The summed E-state index contributed by atoms with van der Waals surface area (Å²) >= 11 is 0.737. The van der Waals surface area contributed by atoms with Gasteiger partial charge in [-0.3, -0.25) is 19.3 Å². The first kappa shape index (κ1) is 24.8. The van der Waals surface area contributed by atoms with Crippen molar-refractivity contribution >= 4 is 40.6 Å². The summed E-state index contributed by atoms with van der Waals surface area (Å²) in [5, 5.41) is 2.88. The van der Waals surface area contributed by atoms with Gasteiger partial charge in [0.25, 0.3) is 17.7 Å². The summed E-state index contributed by atoms with van der Waals surface area (Å²) in [6.07, 6.45) is 2.18. The molecule has 0 aliphatic heterocycles. The first-order valence-electron chi connectivity index (χ1n) is 10.6. The van der Waals surface area contributed by atoms with E-state index in [9.17, 15) is 14.4 Å². The van der Waals surface area contributed by atoms with Crippen LogP contribution < -0.4 is 26.4 Å². The SMILES string of the molecule is COc1ccc(N(C(=O)c2snc(C(N)=O)c2N)[C@@H](C(=O)NCCC(C)C)c2ccco2)cc1. The molecule has 3 rings (SSSR count). The first-order valence-corrected chi connectivity index (χ1v) is 11.4. The van der Waals surface area contributed by atoms with Gasteiger partial charge in [0.1, 0.15) is 16.4 Å². The maximum absolute atomic E-state index is 13.8. The van der Waals surface area contributed by atoms with Gasteiger partial charge < -0.3 is 25.9 Å². The van der Waals surface area contributed by atoms with Crippen LogP contribution in [0.3, 0.4) is 0 Å². The number of benzene rings is 1. The zero-order valence-electron chi connectivity index (χ0n) is 19.1. The minimum absolute atomic E-state index is 0.0174. The van der Waals surface area contributed by atoms with Gasteiger partial charge in [-0.1, -0.05) is 13.8 Å². The highest BCUT2D eigenvalue weighted by atomic mass is 32.1. The number of amides is 3. The lowest BCUT2D eigenvalue weighted by molar-refractivity contribution is -0.122. The lowest BCUT2D eigenvalue weighted by Crippen LogP contribution is -2.44. The largest absolute Gasteiger partial charge is 0.497 e. The molecule has 2 aromatic heterocycles. The van der Waals surface area contributed by atoms with Crippen LogP contribution in [-0.2, 0) is 4.79 Å². The van der Waals surface area contributed by atoms with Crippen LogP contribution in [0, 0.1) is 5.92 Å². The minimum Gasteiger partial charge on any atom is -0.497 e. The van der Waals surface area contributed by atoms with Crippen LogP contribution in [0.1, 0.15) is 52.2 Å². The number of aromatic nitrogens is 1. The molecule has 1 aromatic carbocycles. The van der Waals surface area contributed by atoms with Crippen molar-refractivity contribution in [1.29, 1.82) is 0 Å². The Balaban J connectivity index is 2.10. The third-order valence-corrected chi connectivity index (χ3v) is 5.92. The normalized spacial score (nSPS) is 11.8.